The highest BCUT2D eigenvalue weighted by atomic mass is 19.1. The van der Waals surface area contributed by atoms with E-state index in [4.69, 9.17) is 9.26 Å². The molecule has 1 aromatic heterocycles. The van der Waals surface area contributed by atoms with Gasteiger partial charge in [-0.3, -0.25) is 4.79 Å². The molecule has 2 aromatic carbocycles. The number of carbonyl (C=O) groups excluding carboxylic acids is 1. The van der Waals surface area contributed by atoms with Gasteiger partial charge >= 0.3 is 0 Å². The molecule has 5 nitrogen and oxygen atoms in total. The van der Waals surface area contributed by atoms with Crippen LogP contribution in [0.4, 0.5) is 10.1 Å². The van der Waals surface area contributed by atoms with Gasteiger partial charge in [0, 0.05) is 5.69 Å². The van der Waals surface area contributed by atoms with E-state index in [1.54, 1.807) is 19.1 Å². The summed E-state index contributed by atoms with van der Waals surface area (Å²) in [6.07, 6.45) is 0. The first-order valence-corrected chi connectivity index (χ1v) is 8.17. The number of nitrogens with one attached hydrogen (secondary N) is 1. The zero-order valence-corrected chi connectivity index (χ0v) is 14.8. The molecular formula is C20H19FN2O3. The summed E-state index contributed by atoms with van der Waals surface area (Å²) >= 11 is 0. The van der Waals surface area contributed by atoms with Gasteiger partial charge in [-0.1, -0.05) is 23.4 Å². The van der Waals surface area contributed by atoms with Crippen molar-refractivity contribution in [3.05, 3.63) is 76.4 Å². The number of aromatic nitrogens is 1. The van der Waals surface area contributed by atoms with Crippen molar-refractivity contribution < 1.29 is 18.4 Å². The molecule has 3 aromatic rings. The number of hydrogen-bond acceptors (Lipinski definition) is 4. The fourth-order valence-corrected chi connectivity index (χ4v) is 2.46. The predicted molar refractivity (Wildman–Crippen MR) is 95.8 cm³/mol. The topological polar surface area (TPSA) is 64.4 Å². The van der Waals surface area contributed by atoms with Crippen LogP contribution in [-0.4, -0.2) is 11.1 Å². The molecule has 1 heterocycles. The number of para-hydroxylation sites is 1. The van der Waals surface area contributed by atoms with E-state index in [1.807, 2.05) is 32.0 Å². The van der Waals surface area contributed by atoms with E-state index in [2.05, 4.69) is 10.5 Å². The van der Waals surface area contributed by atoms with Gasteiger partial charge in [0.05, 0.1) is 5.56 Å². The summed E-state index contributed by atoms with van der Waals surface area (Å²) in [5.74, 6) is -0.319. The largest absolute Gasteiger partial charge is 0.486 e. The summed E-state index contributed by atoms with van der Waals surface area (Å²) in [6.45, 7) is 5.63. The minimum atomic E-state index is -0.470. The normalized spacial score (nSPS) is 10.6. The van der Waals surface area contributed by atoms with Crippen LogP contribution >= 0.6 is 0 Å². The van der Waals surface area contributed by atoms with Gasteiger partial charge in [-0.2, -0.15) is 0 Å². The van der Waals surface area contributed by atoms with Crippen molar-refractivity contribution in [1.29, 1.82) is 0 Å². The second-order valence-corrected chi connectivity index (χ2v) is 6.04. The molecule has 0 fully saturated rings. The molecule has 0 aliphatic carbocycles. The number of aryl methyl sites for hydroxylation is 3. The smallest absolute Gasteiger partial charge is 0.278 e. The van der Waals surface area contributed by atoms with Crippen molar-refractivity contribution in [3.63, 3.8) is 0 Å². The Morgan fingerprint density at radius 2 is 1.92 bits per heavy atom. The molecule has 0 unspecified atom stereocenters. The lowest BCUT2D eigenvalue weighted by molar-refractivity contribution is 0.101. The van der Waals surface area contributed by atoms with E-state index in [0.29, 0.717) is 17.0 Å². The van der Waals surface area contributed by atoms with Crippen molar-refractivity contribution >= 4 is 11.6 Å². The summed E-state index contributed by atoms with van der Waals surface area (Å²) in [4.78, 5) is 12.6. The lowest BCUT2D eigenvalue weighted by atomic mass is 10.1. The molecular weight excluding hydrogens is 335 g/mol. The zero-order chi connectivity index (χ0) is 18.7. The lowest BCUT2D eigenvalue weighted by Gasteiger charge is -2.09. The van der Waals surface area contributed by atoms with Crippen LogP contribution in [0.15, 0.2) is 47.0 Å². The van der Waals surface area contributed by atoms with Crippen molar-refractivity contribution in [2.75, 3.05) is 5.32 Å². The van der Waals surface area contributed by atoms with Crippen LogP contribution in [0.2, 0.25) is 0 Å². The number of nitrogens with zero attached hydrogens (tertiary/aromatic N) is 1. The minimum absolute atomic E-state index is 0.0219. The van der Waals surface area contributed by atoms with E-state index >= 15 is 0 Å². The van der Waals surface area contributed by atoms with Crippen molar-refractivity contribution in [2.24, 2.45) is 0 Å². The van der Waals surface area contributed by atoms with Crippen LogP contribution in [0.25, 0.3) is 0 Å². The Morgan fingerprint density at radius 1 is 1.15 bits per heavy atom. The molecule has 6 heteroatoms. The fourth-order valence-electron chi connectivity index (χ4n) is 2.46. The molecule has 1 N–H and O–H groups in total. The number of rotatable bonds is 5. The Bertz CT molecular complexity index is 950. The monoisotopic (exact) mass is 354 g/mol. The van der Waals surface area contributed by atoms with Gasteiger partial charge in [0.2, 0.25) is 0 Å². The van der Waals surface area contributed by atoms with Crippen LogP contribution in [0, 0.1) is 26.6 Å². The summed E-state index contributed by atoms with van der Waals surface area (Å²) in [5, 5.41) is 6.62. The molecule has 1 amide bonds. The number of benzene rings is 2. The SMILES string of the molecule is Cc1ccc(NC(=O)c2noc(C)c2COc2ccccc2F)cc1C. The Balaban J connectivity index is 1.77. The first kappa shape index (κ1) is 17.7. The van der Waals surface area contributed by atoms with E-state index in [9.17, 15) is 9.18 Å². The molecule has 134 valence electrons. The Labute approximate surface area is 150 Å². The first-order chi connectivity index (χ1) is 12.5. The van der Waals surface area contributed by atoms with Crippen molar-refractivity contribution in [2.45, 2.75) is 27.4 Å². The maximum Gasteiger partial charge on any atom is 0.278 e. The van der Waals surface area contributed by atoms with Gasteiger partial charge in [-0.15, -0.1) is 0 Å². The maximum atomic E-state index is 13.7. The highest BCUT2D eigenvalue weighted by Crippen LogP contribution is 2.21. The van der Waals surface area contributed by atoms with Gasteiger partial charge in [0.25, 0.3) is 5.91 Å². The lowest BCUT2D eigenvalue weighted by Crippen LogP contribution is -2.15. The molecule has 26 heavy (non-hydrogen) atoms. The standard InChI is InChI=1S/C20H19FN2O3/c1-12-8-9-15(10-13(12)2)22-20(24)19-16(14(3)26-23-19)11-25-18-7-5-4-6-17(18)21/h4-10H,11H2,1-3H3,(H,22,24). The Hall–Kier alpha value is -3.15. The highest BCUT2D eigenvalue weighted by molar-refractivity contribution is 6.03. The summed E-state index contributed by atoms with van der Waals surface area (Å²) < 4.78 is 24.3. The quantitative estimate of drug-likeness (QED) is 0.729. The molecule has 0 spiro atoms. The number of hydrogen-bond donors (Lipinski definition) is 1. The van der Waals surface area contributed by atoms with E-state index < -0.39 is 11.7 Å². The number of halogens is 1. The third kappa shape index (κ3) is 3.74. The summed E-state index contributed by atoms with van der Waals surface area (Å²) in [5.41, 5.74) is 3.48. The fraction of sp³-hybridized carbons (Fsp3) is 0.200. The van der Waals surface area contributed by atoms with E-state index in [0.717, 1.165) is 11.1 Å². The Kier molecular flexibility index (Phi) is 5.02. The summed E-state index contributed by atoms with van der Waals surface area (Å²) in [6, 6.07) is 11.7. The molecule has 0 saturated heterocycles. The second-order valence-electron chi connectivity index (χ2n) is 6.04. The van der Waals surface area contributed by atoms with Gasteiger partial charge in [0.15, 0.2) is 17.3 Å². The molecule has 0 radical (unpaired) electrons. The average Bonchev–Trinajstić information content (AvgIpc) is 2.98. The van der Waals surface area contributed by atoms with Crippen LogP contribution in [0.1, 0.15) is 32.9 Å². The molecule has 0 bridgehead atoms. The van der Waals surface area contributed by atoms with Gasteiger partial charge < -0.3 is 14.6 Å². The molecule has 0 aliphatic rings. The number of amides is 1. The molecule has 3 rings (SSSR count). The van der Waals surface area contributed by atoms with E-state index in [-0.39, 0.29) is 18.1 Å². The van der Waals surface area contributed by atoms with Gasteiger partial charge in [-0.25, -0.2) is 4.39 Å². The minimum Gasteiger partial charge on any atom is -0.486 e. The molecule has 0 atom stereocenters. The van der Waals surface area contributed by atoms with Gasteiger partial charge in [-0.05, 0) is 56.2 Å². The van der Waals surface area contributed by atoms with Crippen LogP contribution < -0.4 is 10.1 Å². The third-order valence-electron chi connectivity index (χ3n) is 4.17. The van der Waals surface area contributed by atoms with Gasteiger partial charge in [0.1, 0.15) is 12.4 Å². The third-order valence-corrected chi connectivity index (χ3v) is 4.17. The maximum absolute atomic E-state index is 13.7. The second kappa shape index (κ2) is 7.39. The number of anilines is 1. The van der Waals surface area contributed by atoms with Crippen molar-refractivity contribution in [1.82, 2.24) is 5.16 Å². The number of carbonyl (C=O) groups is 1. The predicted octanol–water partition coefficient (Wildman–Crippen LogP) is 4.57. The highest BCUT2D eigenvalue weighted by Gasteiger charge is 2.21. The first-order valence-electron chi connectivity index (χ1n) is 8.17. The average molecular weight is 354 g/mol. The van der Waals surface area contributed by atoms with E-state index in [1.165, 1.54) is 12.1 Å². The van der Waals surface area contributed by atoms with Crippen molar-refractivity contribution in [3.8, 4) is 5.75 Å². The molecule has 0 saturated carbocycles. The molecule has 0 aliphatic heterocycles. The zero-order valence-electron chi connectivity index (χ0n) is 14.8. The van der Waals surface area contributed by atoms with Crippen LogP contribution in [0.5, 0.6) is 5.75 Å². The summed E-state index contributed by atoms with van der Waals surface area (Å²) in [7, 11) is 0. The number of ether oxygens (including phenoxy) is 1. The van der Waals surface area contributed by atoms with Crippen LogP contribution in [0.3, 0.4) is 0 Å². The van der Waals surface area contributed by atoms with Crippen LogP contribution in [-0.2, 0) is 6.61 Å². The Morgan fingerprint density at radius 3 is 2.65 bits per heavy atom.